The Bertz CT molecular complexity index is 554. The summed E-state index contributed by atoms with van der Waals surface area (Å²) in [5.74, 6) is -0.450. The molecule has 0 heterocycles. The van der Waals surface area contributed by atoms with Gasteiger partial charge in [0.15, 0.2) is 5.78 Å². The summed E-state index contributed by atoms with van der Waals surface area (Å²) >= 11 is 0. The van der Waals surface area contributed by atoms with E-state index in [0.717, 1.165) is 5.56 Å². The van der Waals surface area contributed by atoms with Gasteiger partial charge in [0.1, 0.15) is 5.82 Å². The minimum atomic E-state index is -0.378. The maximum Gasteiger partial charge on any atom is 0.176 e. The van der Waals surface area contributed by atoms with Gasteiger partial charge in [-0.05, 0) is 24.7 Å². The molecule has 19 heavy (non-hydrogen) atoms. The van der Waals surface area contributed by atoms with E-state index in [1.165, 1.54) is 12.1 Å². The van der Waals surface area contributed by atoms with Crippen molar-refractivity contribution >= 4 is 5.78 Å². The summed E-state index contributed by atoms with van der Waals surface area (Å²) < 4.78 is 13.0. The van der Waals surface area contributed by atoms with E-state index in [1.807, 2.05) is 42.3 Å². The van der Waals surface area contributed by atoms with Gasteiger partial charge in [0, 0.05) is 12.1 Å². The third-order valence-electron chi connectivity index (χ3n) is 2.86. The Balaban J connectivity index is 1.95. The Morgan fingerprint density at radius 3 is 2.53 bits per heavy atom. The normalized spacial score (nSPS) is 10.7. The van der Waals surface area contributed by atoms with Crippen molar-refractivity contribution in [3.8, 4) is 0 Å². The van der Waals surface area contributed by atoms with Crippen molar-refractivity contribution in [2.45, 2.75) is 6.54 Å². The zero-order valence-electron chi connectivity index (χ0n) is 10.8. The second-order valence-corrected chi connectivity index (χ2v) is 4.59. The van der Waals surface area contributed by atoms with E-state index >= 15 is 0 Å². The number of ketones is 1. The third-order valence-corrected chi connectivity index (χ3v) is 2.86. The highest BCUT2D eigenvalue weighted by Crippen LogP contribution is 2.07. The van der Waals surface area contributed by atoms with E-state index in [2.05, 4.69) is 0 Å². The smallest absolute Gasteiger partial charge is 0.176 e. The SMILES string of the molecule is CN(CC(=O)c1cccc(F)c1)Cc1ccccc1. The molecule has 2 aromatic carbocycles. The number of hydrogen-bond acceptors (Lipinski definition) is 2. The first-order valence-corrected chi connectivity index (χ1v) is 6.16. The van der Waals surface area contributed by atoms with E-state index in [9.17, 15) is 9.18 Å². The molecule has 0 aliphatic heterocycles. The molecule has 0 bridgehead atoms. The van der Waals surface area contributed by atoms with Crippen LogP contribution in [0.1, 0.15) is 15.9 Å². The van der Waals surface area contributed by atoms with Crippen LogP contribution in [0.3, 0.4) is 0 Å². The summed E-state index contributed by atoms with van der Waals surface area (Å²) in [7, 11) is 1.88. The van der Waals surface area contributed by atoms with Crippen molar-refractivity contribution in [2.75, 3.05) is 13.6 Å². The van der Waals surface area contributed by atoms with Gasteiger partial charge in [-0.15, -0.1) is 0 Å². The molecule has 2 aromatic rings. The number of nitrogens with zero attached hydrogens (tertiary/aromatic N) is 1. The molecule has 0 aromatic heterocycles. The molecule has 3 heteroatoms. The molecule has 0 aliphatic carbocycles. The lowest BCUT2D eigenvalue weighted by Crippen LogP contribution is -2.25. The van der Waals surface area contributed by atoms with Crippen molar-refractivity contribution in [1.82, 2.24) is 4.90 Å². The van der Waals surface area contributed by atoms with E-state index in [4.69, 9.17) is 0 Å². The van der Waals surface area contributed by atoms with Crippen LogP contribution in [0.25, 0.3) is 0 Å². The maximum atomic E-state index is 13.0. The fraction of sp³-hybridized carbons (Fsp3) is 0.188. The van der Waals surface area contributed by atoms with Gasteiger partial charge < -0.3 is 0 Å². The average Bonchev–Trinajstić information content (AvgIpc) is 2.39. The van der Waals surface area contributed by atoms with Gasteiger partial charge in [0.25, 0.3) is 0 Å². The number of carbonyl (C=O) groups is 1. The van der Waals surface area contributed by atoms with Gasteiger partial charge in [-0.3, -0.25) is 9.69 Å². The van der Waals surface area contributed by atoms with Crippen LogP contribution >= 0.6 is 0 Å². The molecular formula is C16H16FNO. The maximum absolute atomic E-state index is 13.0. The Labute approximate surface area is 112 Å². The van der Waals surface area contributed by atoms with Crippen LogP contribution in [0.2, 0.25) is 0 Å². The van der Waals surface area contributed by atoms with Crippen LogP contribution in [0.5, 0.6) is 0 Å². The van der Waals surface area contributed by atoms with Crippen LogP contribution in [0, 0.1) is 5.82 Å². The summed E-state index contributed by atoms with van der Waals surface area (Å²) in [6, 6.07) is 15.7. The van der Waals surface area contributed by atoms with E-state index in [-0.39, 0.29) is 18.1 Å². The molecule has 0 spiro atoms. The summed E-state index contributed by atoms with van der Waals surface area (Å²) in [5, 5.41) is 0. The molecule has 0 N–H and O–H groups in total. The molecule has 0 radical (unpaired) electrons. The highest BCUT2D eigenvalue weighted by atomic mass is 19.1. The van der Waals surface area contributed by atoms with Crippen LogP contribution in [0.4, 0.5) is 4.39 Å². The minimum absolute atomic E-state index is 0.0714. The van der Waals surface area contributed by atoms with Crippen molar-refractivity contribution in [1.29, 1.82) is 0 Å². The molecule has 2 nitrogen and oxygen atoms in total. The molecule has 2 rings (SSSR count). The van der Waals surface area contributed by atoms with E-state index < -0.39 is 0 Å². The first kappa shape index (κ1) is 13.4. The quantitative estimate of drug-likeness (QED) is 0.767. The number of Topliss-reactive ketones (excluding diaryl/α,β-unsaturated/α-hetero) is 1. The van der Waals surface area contributed by atoms with Crippen molar-refractivity contribution < 1.29 is 9.18 Å². The fourth-order valence-corrected chi connectivity index (χ4v) is 1.95. The van der Waals surface area contributed by atoms with Gasteiger partial charge in [-0.25, -0.2) is 4.39 Å². The summed E-state index contributed by atoms with van der Waals surface area (Å²) in [5.41, 5.74) is 1.57. The second-order valence-electron chi connectivity index (χ2n) is 4.59. The number of likely N-dealkylation sites (N-methyl/N-ethyl adjacent to an activating group) is 1. The van der Waals surface area contributed by atoms with Gasteiger partial charge >= 0.3 is 0 Å². The molecule has 0 unspecified atom stereocenters. The zero-order chi connectivity index (χ0) is 13.7. The predicted molar refractivity (Wildman–Crippen MR) is 73.5 cm³/mol. The Kier molecular flexibility index (Phi) is 4.42. The third kappa shape index (κ3) is 4.00. The molecule has 0 saturated heterocycles. The van der Waals surface area contributed by atoms with E-state index in [1.54, 1.807) is 12.1 Å². The van der Waals surface area contributed by atoms with Crippen LogP contribution in [-0.4, -0.2) is 24.3 Å². The topological polar surface area (TPSA) is 20.3 Å². The zero-order valence-corrected chi connectivity index (χ0v) is 10.8. The van der Waals surface area contributed by atoms with Crippen molar-refractivity contribution in [3.05, 3.63) is 71.5 Å². The van der Waals surface area contributed by atoms with Crippen molar-refractivity contribution in [3.63, 3.8) is 0 Å². The second kappa shape index (κ2) is 6.25. The molecule has 0 atom stereocenters. The number of rotatable bonds is 5. The molecule has 0 amide bonds. The molecular weight excluding hydrogens is 241 g/mol. The lowest BCUT2D eigenvalue weighted by molar-refractivity contribution is 0.0942. The van der Waals surface area contributed by atoms with Gasteiger partial charge in [-0.1, -0.05) is 42.5 Å². The van der Waals surface area contributed by atoms with Crippen LogP contribution < -0.4 is 0 Å². The summed E-state index contributed by atoms with van der Waals surface area (Å²) in [6.07, 6.45) is 0. The highest BCUT2D eigenvalue weighted by molar-refractivity contribution is 5.97. The summed E-state index contributed by atoms with van der Waals surface area (Å²) in [6.45, 7) is 0.972. The van der Waals surface area contributed by atoms with Gasteiger partial charge in [0.05, 0.1) is 6.54 Å². The molecule has 0 aliphatic rings. The van der Waals surface area contributed by atoms with E-state index in [0.29, 0.717) is 12.1 Å². The summed E-state index contributed by atoms with van der Waals surface area (Å²) in [4.78, 5) is 13.9. The molecule has 98 valence electrons. The Hall–Kier alpha value is -2.00. The predicted octanol–water partition coefficient (Wildman–Crippen LogP) is 3.14. The number of carbonyl (C=O) groups excluding carboxylic acids is 1. The number of benzene rings is 2. The Morgan fingerprint density at radius 2 is 1.84 bits per heavy atom. The monoisotopic (exact) mass is 257 g/mol. The van der Waals surface area contributed by atoms with Crippen LogP contribution in [-0.2, 0) is 6.54 Å². The number of hydrogen-bond donors (Lipinski definition) is 0. The first-order chi connectivity index (χ1) is 9.15. The van der Waals surface area contributed by atoms with Crippen molar-refractivity contribution in [2.24, 2.45) is 0 Å². The number of halogens is 1. The van der Waals surface area contributed by atoms with Gasteiger partial charge in [-0.2, -0.15) is 0 Å². The van der Waals surface area contributed by atoms with Crippen LogP contribution in [0.15, 0.2) is 54.6 Å². The molecule has 0 saturated carbocycles. The lowest BCUT2D eigenvalue weighted by atomic mass is 10.1. The van der Waals surface area contributed by atoms with Gasteiger partial charge in [0.2, 0.25) is 0 Å². The molecule has 0 fully saturated rings. The fourth-order valence-electron chi connectivity index (χ4n) is 1.95. The minimum Gasteiger partial charge on any atom is -0.295 e. The standard InChI is InChI=1S/C16H16FNO/c1-18(11-13-6-3-2-4-7-13)12-16(19)14-8-5-9-15(17)10-14/h2-10H,11-12H2,1H3. The Morgan fingerprint density at radius 1 is 1.11 bits per heavy atom. The largest absolute Gasteiger partial charge is 0.295 e. The first-order valence-electron chi connectivity index (χ1n) is 6.16. The average molecular weight is 257 g/mol. The lowest BCUT2D eigenvalue weighted by Gasteiger charge is -2.15. The highest BCUT2D eigenvalue weighted by Gasteiger charge is 2.10.